The summed E-state index contributed by atoms with van der Waals surface area (Å²) in [7, 11) is 5.90. The summed E-state index contributed by atoms with van der Waals surface area (Å²) in [6, 6.07) is 6.18. The van der Waals surface area contributed by atoms with Crippen LogP contribution in [0.4, 0.5) is 4.39 Å². The van der Waals surface area contributed by atoms with Crippen LogP contribution in [0.5, 0.6) is 5.75 Å². The number of benzene rings is 1. The molecule has 1 atom stereocenters. The highest BCUT2D eigenvalue weighted by Crippen LogP contribution is 2.41. The second-order valence-corrected chi connectivity index (χ2v) is 10.5. The molecule has 6 nitrogen and oxygen atoms in total. The maximum absolute atomic E-state index is 14.3. The van der Waals surface area contributed by atoms with E-state index >= 15 is 0 Å². The fourth-order valence-electron chi connectivity index (χ4n) is 5.71. The molecule has 1 saturated carbocycles. The molecule has 0 bridgehead atoms. The third kappa shape index (κ3) is 4.28. The molecule has 1 N–H and O–H groups in total. The monoisotopic (exact) mass is 509 g/mol. The van der Waals surface area contributed by atoms with Crippen LogP contribution in [0.1, 0.15) is 61.4 Å². The molecule has 4 aromatic rings. The first-order valence-corrected chi connectivity index (χ1v) is 12.9. The first-order valence-electron chi connectivity index (χ1n) is 12.5. The second-order valence-electron chi connectivity index (χ2n) is 10.1. The Labute approximate surface area is 216 Å². The van der Waals surface area contributed by atoms with Crippen molar-refractivity contribution in [3.63, 3.8) is 0 Å². The molecule has 0 aliphatic heterocycles. The Kier molecular flexibility index (Phi) is 6.79. The molecule has 0 unspecified atom stereocenters. The number of pyridine rings is 1. The van der Waals surface area contributed by atoms with E-state index in [-0.39, 0.29) is 10.9 Å². The van der Waals surface area contributed by atoms with E-state index in [1.165, 1.54) is 18.9 Å². The lowest BCUT2D eigenvalue weighted by molar-refractivity contribution is 0.188. The van der Waals surface area contributed by atoms with Gasteiger partial charge in [-0.2, -0.15) is 5.10 Å². The molecule has 3 aromatic heterocycles. The molecular formula is C28H33ClFN5O. The number of nitrogens with one attached hydrogen (secondary N) is 1. The summed E-state index contributed by atoms with van der Waals surface area (Å²) in [6.07, 6.45) is 10.4. The fraction of sp³-hybridized carbons (Fsp3) is 0.429. The van der Waals surface area contributed by atoms with Crippen molar-refractivity contribution in [3.8, 4) is 16.9 Å². The number of hydrogen-bond acceptors (Lipinski definition) is 4. The normalized spacial score (nSPS) is 19.2. The highest BCUT2D eigenvalue weighted by Gasteiger charge is 2.26. The zero-order chi connectivity index (χ0) is 25.6. The zero-order valence-corrected chi connectivity index (χ0v) is 22.2. The van der Waals surface area contributed by atoms with Gasteiger partial charge in [-0.05, 0) is 70.5 Å². The minimum atomic E-state index is -0.458. The molecule has 5 rings (SSSR count). The van der Waals surface area contributed by atoms with Crippen molar-refractivity contribution in [1.82, 2.24) is 24.6 Å². The van der Waals surface area contributed by atoms with Gasteiger partial charge in [-0.15, -0.1) is 0 Å². The van der Waals surface area contributed by atoms with E-state index in [0.29, 0.717) is 23.4 Å². The van der Waals surface area contributed by atoms with Gasteiger partial charge in [0, 0.05) is 52.1 Å². The van der Waals surface area contributed by atoms with Crippen molar-refractivity contribution in [2.75, 3.05) is 21.2 Å². The number of halogens is 2. The Hall–Kier alpha value is -2.90. The molecular weight excluding hydrogens is 477 g/mol. The standard InChI is InChI=1S/C28H33ClFN5O/c1-16(26-25(36-5)11-10-24(30)27(26)29)22-14-32-28-21(22)12-18(13-31-28)23-15-33-35(17(23)2)20-8-6-19(7-9-20)34(3)4/h10-16,19-20H,6-9H2,1-5H3,(H,31,32)/t16-,19-,20+/m0/s1. The minimum absolute atomic E-state index is 0.0847. The summed E-state index contributed by atoms with van der Waals surface area (Å²) in [4.78, 5) is 10.3. The third-order valence-electron chi connectivity index (χ3n) is 7.87. The van der Waals surface area contributed by atoms with Crippen LogP contribution in [0.15, 0.2) is 36.8 Å². The summed E-state index contributed by atoms with van der Waals surface area (Å²) < 4.78 is 22.0. The largest absolute Gasteiger partial charge is 0.496 e. The van der Waals surface area contributed by atoms with Gasteiger partial charge >= 0.3 is 0 Å². The highest BCUT2D eigenvalue weighted by atomic mass is 35.5. The number of hydrogen-bond donors (Lipinski definition) is 1. The van der Waals surface area contributed by atoms with Crippen LogP contribution in [-0.2, 0) is 0 Å². The van der Waals surface area contributed by atoms with Gasteiger partial charge < -0.3 is 14.6 Å². The Balaban J connectivity index is 1.49. The number of H-pyrrole nitrogens is 1. The number of nitrogens with zero attached hydrogens (tertiary/aromatic N) is 4. The van der Waals surface area contributed by atoms with Crippen LogP contribution in [0.2, 0.25) is 5.02 Å². The smallest absolute Gasteiger partial charge is 0.142 e. The molecule has 1 aromatic carbocycles. The van der Waals surface area contributed by atoms with Crippen LogP contribution < -0.4 is 4.74 Å². The van der Waals surface area contributed by atoms with Crippen LogP contribution in [-0.4, -0.2) is 51.9 Å². The zero-order valence-electron chi connectivity index (χ0n) is 21.5. The maximum atomic E-state index is 14.3. The van der Waals surface area contributed by atoms with Crippen LogP contribution >= 0.6 is 11.6 Å². The van der Waals surface area contributed by atoms with Crippen LogP contribution in [0.3, 0.4) is 0 Å². The molecule has 0 saturated heterocycles. The first-order chi connectivity index (χ1) is 17.3. The quantitative estimate of drug-likeness (QED) is 0.313. The summed E-state index contributed by atoms with van der Waals surface area (Å²) in [5, 5.41) is 5.85. The molecule has 190 valence electrons. The Bertz CT molecular complexity index is 1390. The molecule has 1 aliphatic carbocycles. The van der Waals surface area contributed by atoms with E-state index in [2.05, 4.69) is 41.7 Å². The number of aromatic amines is 1. The molecule has 8 heteroatoms. The van der Waals surface area contributed by atoms with Gasteiger partial charge in [0.25, 0.3) is 0 Å². The van der Waals surface area contributed by atoms with E-state index in [0.717, 1.165) is 46.3 Å². The van der Waals surface area contributed by atoms with Crippen molar-refractivity contribution in [1.29, 1.82) is 0 Å². The Morgan fingerprint density at radius 3 is 2.64 bits per heavy atom. The molecule has 1 aliphatic rings. The van der Waals surface area contributed by atoms with Crippen LogP contribution in [0.25, 0.3) is 22.2 Å². The lowest BCUT2D eigenvalue weighted by atomic mass is 9.90. The highest BCUT2D eigenvalue weighted by molar-refractivity contribution is 6.31. The van der Waals surface area contributed by atoms with Gasteiger partial charge in [0.05, 0.1) is 24.4 Å². The van der Waals surface area contributed by atoms with E-state index in [1.807, 2.05) is 25.5 Å². The summed E-state index contributed by atoms with van der Waals surface area (Å²) in [5.41, 5.74) is 5.64. The number of fused-ring (bicyclic) bond motifs is 1. The number of rotatable bonds is 6. The van der Waals surface area contributed by atoms with Gasteiger partial charge in [-0.25, -0.2) is 9.37 Å². The van der Waals surface area contributed by atoms with Crippen molar-refractivity contribution < 1.29 is 9.13 Å². The summed E-state index contributed by atoms with van der Waals surface area (Å²) in [5.74, 6) is -0.0984. The van der Waals surface area contributed by atoms with Gasteiger partial charge in [0.15, 0.2) is 0 Å². The van der Waals surface area contributed by atoms with Gasteiger partial charge in [0.2, 0.25) is 0 Å². The van der Waals surface area contributed by atoms with Crippen molar-refractivity contribution >= 4 is 22.6 Å². The SMILES string of the molecule is COc1ccc(F)c(Cl)c1[C@@H](C)c1c[nH]c2ncc(-c3cnn([C@H]4CC[C@@H](N(C)C)CC4)c3C)cc12. The molecule has 0 spiro atoms. The predicted molar refractivity (Wildman–Crippen MR) is 143 cm³/mol. The molecule has 0 radical (unpaired) electrons. The molecule has 36 heavy (non-hydrogen) atoms. The fourth-order valence-corrected chi connectivity index (χ4v) is 6.03. The average Bonchev–Trinajstić information content (AvgIpc) is 3.48. The van der Waals surface area contributed by atoms with E-state index < -0.39 is 5.82 Å². The summed E-state index contributed by atoms with van der Waals surface area (Å²) >= 11 is 6.40. The van der Waals surface area contributed by atoms with E-state index in [4.69, 9.17) is 26.4 Å². The molecule has 3 heterocycles. The average molecular weight is 510 g/mol. The Morgan fingerprint density at radius 2 is 1.94 bits per heavy atom. The Morgan fingerprint density at radius 1 is 1.19 bits per heavy atom. The molecule has 0 amide bonds. The minimum Gasteiger partial charge on any atom is -0.496 e. The van der Waals surface area contributed by atoms with Crippen molar-refractivity contribution in [2.24, 2.45) is 0 Å². The number of aromatic nitrogens is 4. The van der Waals surface area contributed by atoms with Gasteiger partial charge in [-0.1, -0.05) is 18.5 Å². The third-order valence-corrected chi connectivity index (χ3v) is 8.26. The lowest BCUT2D eigenvalue weighted by Gasteiger charge is -2.33. The van der Waals surface area contributed by atoms with E-state index in [1.54, 1.807) is 13.2 Å². The summed E-state index contributed by atoms with van der Waals surface area (Å²) in [6.45, 7) is 4.15. The predicted octanol–water partition coefficient (Wildman–Crippen LogP) is 6.73. The van der Waals surface area contributed by atoms with Crippen LogP contribution in [0, 0.1) is 12.7 Å². The van der Waals surface area contributed by atoms with Gasteiger partial charge in [0.1, 0.15) is 17.2 Å². The lowest BCUT2D eigenvalue weighted by Crippen LogP contribution is -2.33. The van der Waals surface area contributed by atoms with Crippen molar-refractivity contribution in [3.05, 3.63) is 64.5 Å². The maximum Gasteiger partial charge on any atom is 0.142 e. The number of methoxy groups -OCH3 is 1. The van der Waals surface area contributed by atoms with Gasteiger partial charge in [-0.3, -0.25) is 4.68 Å². The first kappa shape index (κ1) is 24.8. The number of ether oxygens (including phenoxy) is 1. The van der Waals surface area contributed by atoms with Crippen molar-refractivity contribution in [2.45, 2.75) is 57.5 Å². The molecule has 1 fully saturated rings. The topological polar surface area (TPSA) is 59.0 Å². The second kappa shape index (κ2) is 9.87. The van der Waals surface area contributed by atoms with E-state index in [9.17, 15) is 4.39 Å².